The highest BCUT2D eigenvalue weighted by Crippen LogP contribution is 2.05. The van der Waals surface area contributed by atoms with Gasteiger partial charge in [0.05, 0.1) is 0 Å². The van der Waals surface area contributed by atoms with Crippen molar-refractivity contribution in [2.75, 3.05) is 27.2 Å². The van der Waals surface area contributed by atoms with Crippen LogP contribution in [0, 0.1) is 0 Å². The zero-order valence-corrected chi connectivity index (χ0v) is 16.7. The molecule has 1 aromatic rings. The molecule has 8 heteroatoms. The first-order chi connectivity index (χ1) is 10.9. The fourth-order valence-electron chi connectivity index (χ4n) is 1.92. The summed E-state index contributed by atoms with van der Waals surface area (Å²) in [5.74, 6) is -0.0906. The molecule has 4 N–H and O–H groups in total. The van der Waals surface area contributed by atoms with Gasteiger partial charge in [0, 0.05) is 37.7 Å². The second kappa shape index (κ2) is 13.9. The summed E-state index contributed by atoms with van der Waals surface area (Å²) in [7, 11) is 3.92. The van der Waals surface area contributed by atoms with Crippen molar-refractivity contribution in [3.05, 3.63) is 35.4 Å². The Bertz CT molecular complexity index is 508. The lowest BCUT2D eigenvalue weighted by atomic mass is 10.1. The van der Waals surface area contributed by atoms with Crippen molar-refractivity contribution in [2.24, 2.45) is 5.73 Å². The zero-order chi connectivity index (χ0) is 17.2. The summed E-state index contributed by atoms with van der Waals surface area (Å²) in [4.78, 5) is 25.6. The van der Waals surface area contributed by atoms with Gasteiger partial charge in [-0.2, -0.15) is 0 Å². The molecule has 25 heavy (non-hydrogen) atoms. The van der Waals surface area contributed by atoms with Crippen molar-refractivity contribution in [1.29, 1.82) is 0 Å². The number of likely N-dealkylation sites (N-methyl/N-ethyl adjacent to an activating group) is 1. The molecule has 6 nitrogen and oxygen atoms in total. The summed E-state index contributed by atoms with van der Waals surface area (Å²) in [6.07, 6.45) is 1.11. The lowest BCUT2D eigenvalue weighted by Gasteiger charge is -2.11. The van der Waals surface area contributed by atoms with Gasteiger partial charge >= 0.3 is 0 Å². The van der Waals surface area contributed by atoms with Gasteiger partial charge in [0.2, 0.25) is 5.91 Å². The number of carbonyl (C=O) groups excluding carboxylic acids is 2. The van der Waals surface area contributed by atoms with Crippen LogP contribution in [0.1, 0.15) is 35.7 Å². The van der Waals surface area contributed by atoms with E-state index in [4.69, 9.17) is 5.73 Å². The van der Waals surface area contributed by atoms with Crippen molar-refractivity contribution >= 4 is 36.6 Å². The molecule has 0 aliphatic heterocycles. The molecular formula is C17H30Cl2N4O2. The van der Waals surface area contributed by atoms with Gasteiger partial charge in [-0.1, -0.05) is 12.1 Å². The Labute approximate surface area is 162 Å². The van der Waals surface area contributed by atoms with E-state index in [2.05, 4.69) is 10.6 Å². The highest BCUT2D eigenvalue weighted by atomic mass is 35.5. The number of nitrogens with one attached hydrogen (secondary N) is 2. The number of amides is 2. The quantitative estimate of drug-likeness (QED) is 0.594. The molecule has 1 rings (SSSR count). The Morgan fingerprint density at radius 1 is 1.12 bits per heavy atom. The van der Waals surface area contributed by atoms with Crippen LogP contribution in [0.5, 0.6) is 0 Å². The molecule has 0 spiro atoms. The average molecular weight is 393 g/mol. The van der Waals surface area contributed by atoms with Crippen LogP contribution in [0.15, 0.2) is 24.3 Å². The van der Waals surface area contributed by atoms with E-state index in [1.165, 1.54) is 0 Å². The van der Waals surface area contributed by atoms with Crippen LogP contribution < -0.4 is 16.4 Å². The van der Waals surface area contributed by atoms with Crippen LogP contribution in [-0.2, 0) is 11.3 Å². The molecule has 144 valence electrons. The molecule has 0 aliphatic carbocycles. The third-order valence-corrected chi connectivity index (χ3v) is 3.38. The smallest absolute Gasteiger partial charge is 0.251 e. The standard InChI is InChI=1S/C17H28N4O2.2ClH/c1-13(18)4-9-16(22)20-12-14-5-7-15(8-6-14)17(23)19-10-11-21(2)3;;/h5-8,13H,4,9-12,18H2,1-3H3,(H,19,23)(H,20,22);2*1H. The van der Waals surface area contributed by atoms with Gasteiger partial charge in [-0.25, -0.2) is 0 Å². The van der Waals surface area contributed by atoms with Crippen LogP contribution in [0.25, 0.3) is 0 Å². The van der Waals surface area contributed by atoms with Crippen LogP contribution >= 0.6 is 24.8 Å². The maximum atomic E-state index is 11.9. The van der Waals surface area contributed by atoms with Crippen LogP contribution in [-0.4, -0.2) is 49.9 Å². The van der Waals surface area contributed by atoms with Gasteiger partial charge < -0.3 is 21.3 Å². The summed E-state index contributed by atoms with van der Waals surface area (Å²) in [6.45, 7) is 3.76. The van der Waals surface area contributed by atoms with E-state index in [-0.39, 0.29) is 42.7 Å². The molecule has 0 radical (unpaired) electrons. The third-order valence-electron chi connectivity index (χ3n) is 3.38. The zero-order valence-electron chi connectivity index (χ0n) is 15.1. The molecule has 0 aromatic heterocycles. The Kier molecular flexibility index (Phi) is 14.4. The van der Waals surface area contributed by atoms with E-state index in [0.29, 0.717) is 31.5 Å². The van der Waals surface area contributed by atoms with Crippen LogP contribution in [0.2, 0.25) is 0 Å². The highest BCUT2D eigenvalue weighted by molar-refractivity contribution is 5.94. The Balaban J connectivity index is 0. The monoisotopic (exact) mass is 392 g/mol. The van der Waals surface area contributed by atoms with E-state index < -0.39 is 0 Å². The highest BCUT2D eigenvalue weighted by Gasteiger charge is 2.06. The summed E-state index contributed by atoms with van der Waals surface area (Å²) in [5.41, 5.74) is 7.21. The average Bonchev–Trinajstić information content (AvgIpc) is 2.51. The summed E-state index contributed by atoms with van der Waals surface area (Å²) in [5, 5.41) is 5.71. The van der Waals surface area contributed by atoms with E-state index in [9.17, 15) is 9.59 Å². The molecule has 0 bridgehead atoms. The first-order valence-electron chi connectivity index (χ1n) is 7.92. The molecular weight excluding hydrogens is 363 g/mol. The first-order valence-corrected chi connectivity index (χ1v) is 7.92. The minimum absolute atomic E-state index is 0. The lowest BCUT2D eigenvalue weighted by molar-refractivity contribution is -0.121. The van der Waals surface area contributed by atoms with Gasteiger partial charge in [0.1, 0.15) is 0 Å². The van der Waals surface area contributed by atoms with Crippen LogP contribution in [0.4, 0.5) is 0 Å². The minimum atomic E-state index is -0.0839. The Morgan fingerprint density at radius 2 is 1.72 bits per heavy atom. The molecule has 0 saturated carbocycles. The number of carbonyl (C=O) groups is 2. The minimum Gasteiger partial charge on any atom is -0.352 e. The predicted octanol–water partition coefficient (Wildman–Crippen LogP) is 1.57. The molecule has 1 atom stereocenters. The molecule has 1 aromatic carbocycles. The molecule has 0 heterocycles. The van der Waals surface area contributed by atoms with Gasteiger partial charge in [-0.15, -0.1) is 24.8 Å². The number of hydrogen-bond donors (Lipinski definition) is 3. The molecule has 0 saturated heterocycles. The predicted molar refractivity (Wildman–Crippen MR) is 107 cm³/mol. The van der Waals surface area contributed by atoms with E-state index in [1.54, 1.807) is 12.1 Å². The third kappa shape index (κ3) is 11.8. The van der Waals surface area contributed by atoms with Crippen molar-refractivity contribution in [3.8, 4) is 0 Å². The SMILES string of the molecule is CC(N)CCC(=O)NCc1ccc(C(=O)NCCN(C)C)cc1.Cl.Cl. The number of rotatable bonds is 9. The Morgan fingerprint density at radius 3 is 2.24 bits per heavy atom. The fraction of sp³-hybridized carbons (Fsp3) is 0.529. The summed E-state index contributed by atoms with van der Waals surface area (Å²) >= 11 is 0. The topological polar surface area (TPSA) is 87.5 Å². The lowest BCUT2D eigenvalue weighted by Crippen LogP contribution is -2.31. The maximum absolute atomic E-state index is 11.9. The molecule has 0 fully saturated rings. The van der Waals surface area contributed by atoms with Gasteiger partial charge in [-0.3, -0.25) is 9.59 Å². The van der Waals surface area contributed by atoms with Crippen molar-refractivity contribution in [2.45, 2.75) is 32.4 Å². The molecule has 0 aliphatic rings. The van der Waals surface area contributed by atoms with Crippen molar-refractivity contribution in [3.63, 3.8) is 0 Å². The normalized spacial score (nSPS) is 11.1. The van der Waals surface area contributed by atoms with Crippen molar-refractivity contribution in [1.82, 2.24) is 15.5 Å². The fourth-order valence-corrected chi connectivity index (χ4v) is 1.92. The maximum Gasteiger partial charge on any atom is 0.251 e. The van der Waals surface area contributed by atoms with Crippen molar-refractivity contribution < 1.29 is 9.59 Å². The first kappa shape index (κ1) is 25.9. The summed E-state index contributed by atoms with van der Waals surface area (Å²) < 4.78 is 0. The second-order valence-corrected chi connectivity index (χ2v) is 6.05. The van der Waals surface area contributed by atoms with E-state index in [0.717, 1.165) is 12.1 Å². The number of nitrogens with two attached hydrogens (primary N) is 1. The van der Waals surface area contributed by atoms with Gasteiger partial charge in [0.15, 0.2) is 0 Å². The van der Waals surface area contributed by atoms with Gasteiger partial charge in [0.25, 0.3) is 5.91 Å². The molecule has 1 unspecified atom stereocenters. The summed E-state index contributed by atoms with van der Waals surface area (Å²) in [6, 6.07) is 7.29. The number of hydrogen-bond acceptors (Lipinski definition) is 4. The van der Waals surface area contributed by atoms with E-state index >= 15 is 0 Å². The number of halogens is 2. The van der Waals surface area contributed by atoms with Gasteiger partial charge in [-0.05, 0) is 45.1 Å². The Hall–Kier alpha value is -1.34. The largest absolute Gasteiger partial charge is 0.352 e. The molecule has 2 amide bonds. The number of benzene rings is 1. The van der Waals surface area contributed by atoms with E-state index in [1.807, 2.05) is 38.1 Å². The second-order valence-electron chi connectivity index (χ2n) is 6.05. The van der Waals surface area contributed by atoms with Crippen LogP contribution in [0.3, 0.4) is 0 Å². The number of nitrogens with zero attached hydrogens (tertiary/aromatic N) is 1.